The minimum absolute atomic E-state index is 0.952. The molecule has 1 aromatic heterocycles. The Balaban J connectivity index is 1.60. The molecule has 3 nitrogen and oxygen atoms in total. The van der Waals surface area contributed by atoms with Crippen LogP contribution in [-0.2, 0) is 6.54 Å². The summed E-state index contributed by atoms with van der Waals surface area (Å²) in [7, 11) is 2.20. The number of aromatic nitrogens is 1. The molecule has 0 bridgehead atoms. The summed E-state index contributed by atoms with van der Waals surface area (Å²) in [6, 6.07) is 26.3. The van der Waals surface area contributed by atoms with Crippen LogP contribution in [0.25, 0.3) is 21.9 Å². The van der Waals surface area contributed by atoms with Crippen molar-refractivity contribution in [2.24, 2.45) is 0 Å². The van der Waals surface area contributed by atoms with Crippen LogP contribution in [0.5, 0.6) is 0 Å². The number of rotatable bonds is 2. The van der Waals surface area contributed by atoms with E-state index >= 15 is 0 Å². The molecule has 0 saturated heterocycles. The van der Waals surface area contributed by atoms with Gasteiger partial charge in [-0.05, 0) is 64.8 Å². The highest BCUT2D eigenvalue weighted by Gasteiger charge is 2.20. The van der Waals surface area contributed by atoms with Crippen molar-refractivity contribution in [1.29, 1.82) is 0 Å². The Morgan fingerprint density at radius 1 is 0.786 bits per heavy atom. The van der Waals surface area contributed by atoms with Crippen LogP contribution in [0.3, 0.4) is 0 Å². The fraction of sp³-hybridized carbons (Fsp3) is 0.160. The van der Waals surface area contributed by atoms with E-state index in [0.29, 0.717) is 0 Å². The van der Waals surface area contributed by atoms with Crippen LogP contribution >= 0.6 is 0 Å². The summed E-state index contributed by atoms with van der Waals surface area (Å²) >= 11 is 0. The fourth-order valence-corrected chi connectivity index (χ4v) is 4.06. The number of benzene rings is 3. The number of likely N-dealkylation sites (N-methyl/N-ethyl adjacent to an activating group) is 1. The van der Waals surface area contributed by atoms with Gasteiger partial charge in [0.2, 0.25) is 0 Å². The lowest BCUT2D eigenvalue weighted by molar-refractivity contribution is 0.343. The highest BCUT2D eigenvalue weighted by Crippen LogP contribution is 2.35. The second-order valence-corrected chi connectivity index (χ2v) is 7.51. The van der Waals surface area contributed by atoms with Crippen molar-refractivity contribution in [1.82, 2.24) is 9.88 Å². The first-order chi connectivity index (χ1) is 13.8. The third-order valence-electron chi connectivity index (χ3n) is 5.56. The van der Waals surface area contributed by atoms with E-state index in [0.717, 1.165) is 25.2 Å². The SMILES string of the molecule is CN1CCN(c2ccc3ccccc3c2)c2ccc(-c3cccnc3)cc2C1. The molecule has 1 aliphatic rings. The fourth-order valence-electron chi connectivity index (χ4n) is 4.06. The average Bonchev–Trinajstić information content (AvgIpc) is 2.91. The van der Waals surface area contributed by atoms with Gasteiger partial charge in [0.1, 0.15) is 0 Å². The summed E-state index contributed by atoms with van der Waals surface area (Å²) in [5.41, 5.74) is 6.29. The summed E-state index contributed by atoms with van der Waals surface area (Å²) in [6.45, 7) is 2.96. The summed E-state index contributed by atoms with van der Waals surface area (Å²) in [6.07, 6.45) is 3.76. The first-order valence-corrected chi connectivity index (χ1v) is 9.76. The highest BCUT2D eigenvalue weighted by atomic mass is 15.2. The molecule has 0 N–H and O–H groups in total. The largest absolute Gasteiger partial charge is 0.340 e. The lowest BCUT2D eigenvalue weighted by atomic mass is 10.0. The van der Waals surface area contributed by atoms with Gasteiger partial charge in [-0.25, -0.2) is 0 Å². The first-order valence-electron chi connectivity index (χ1n) is 9.76. The van der Waals surface area contributed by atoms with Crippen LogP contribution < -0.4 is 4.90 Å². The number of nitrogens with zero attached hydrogens (tertiary/aromatic N) is 3. The van der Waals surface area contributed by atoms with Gasteiger partial charge in [0.05, 0.1) is 0 Å². The number of pyridine rings is 1. The van der Waals surface area contributed by atoms with Crippen molar-refractivity contribution in [3.05, 3.63) is 90.8 Å². The van der Waals surface area contributed by atoms with Crippen LogP contribution in [0.15, 0.2) is 85.2 Å². The van der Waals surface area contributed by atoms with Crippen LogP contribution in [0.1, 0.15) is 5.56 Å². The Kier molecular flexibility index (Phi) is 4.30. The summed E-state index contributed by atoms with van der Waals surface area (Å²) < 4.78 is 0. The van der Waals surface area contributed by atoms with Crippen molar-refractivity contribution in [2.45, 2.75) is 6.54 Å². The summed E-state index contributed by atoms with van der Waals surface area (Å²) in [5, 5.41) is 2.57. The Hall–Kier alpha value is -3.17. The highest BCUT2D eigenvalue weighted by molar-refractivity contribution is 5.87. The molecule has 28 heavy (non-hydrogen) atoms. The van der Waals surface area contributed by atoms with E-state index < -0.39 is 0 Å². The molecule has 0 atom stereocenters. The first kappa shape index (κ1) is 17.0. The number of hydrogen-bond donors (Lipinski definition) is 0. The van der Waals surface area contributed by atoms with E-state index in [2.05, 4.69) is 88.6 Å². The van der Waals surface area contributed by atoms with Gasteiger partial charge in [-0.3, -0.25) is 4.98 Å². The Labute approximate surface area is 165 Å². The van der Waals surface area contributed by atoms with Gasteiger partial charge < -0.3 is 9.80 Å². The molecule has 0 amide bonds. The van der Waals surface area contributed by atoms with Crippen LogP contribution in [0.2, 0.25) is 0 Å². The molecule has 138 valence electrons. The maximum Gasteiger partial charge on any atom is 0.0457 e. The molecule has 0 fully saturated rings. The van der Waals surface area contributed by atoms with E-state index in [1.165, 1.54) is 33.3 Å². The molecular weight excluding hydrogens is 342 g/mol. The zero-order valence-corrected chi connectivity index (χ0v) is 16.0. The molecule has 4 aromatic rings. The van der Waals surface area contributed by atoms with Gasteiger partial charge in [0, 0.05) is 43.4 Å². The standard InChI is InChI=1S/C25H23N3/c1-27-13-14-28(24-10-8-19-5-2-3-6-20(19)16-24)25-11-9-21(15-23(25)18-27)22-7-4-12-26-17-22/h2-12,15-17H,13-14,18H2,1H3. The molecule has 3 heteroatoms. The molecule has 0 spiro atoms. The molecule has 2 heterocycles. The van der Waals surface area contributed by atoms with Gasteiger partial charge in [0.25, 0.3) is 0 Å². The monoisotopic (exact) mass is 365 g/mol. The maximum absolute atomic E-state index is 4.28. The zero-order chi connectivity index (χ0) is 18.9. The van der Waals surface area contributed by atoms with Crippen molar-refractivity contribution < 1.29 is 0 Å². The predicted molar refractivity (Wildman–Crippen MR) is 117 cm³/mol. The van der Waals surface area contributed by atoms with Crippen LogP contribution in [0, 0.1) is 0 Å². The smallest absolute Gasteiger partial charge is 0.0457 e. The molecule has 3 aromatic carbocycles. The lowest BCUT2D eigenvalue weighted by Crippen LogP contribution is -2.26. The van der Waals surface area contributed by atoms with Gasteiger partial charge in [-0.2, -0.15) is 0 Å². The predicted octanol–water partition coefficient (Wildman–Crippen LogP) is 5.49. The Morgan fingerprint density at radius 3 is 2.54 bits per heavy atom. The molecule has 0 radical (unpaired) electrons. The summed E-state index contributed by atoms with van der Waals surface area (Å²) in [4.78, 5) is 9.13. The molecule has 1 aliphatic heterocycles. The number of fused-ring (bicyclic) bond motifs is 2. The molecule has 0 aliphatic carbocycles. The Morgan fingerprint density at radius 2 is 1.68 bits per heavy atom. The van der Waals surface area contributed by atoms with E-state index in [4.69, 9.17) is 0 Å². The maximum atomic E-state index is 4.28. The third-order valence-corrected chi connectivity index (χ3v) is 5.56. The van der Waals surface area contributed by atoms with E-state index in [1.54, 1.807) is 0 Å². The number of hydrogen-bond acceptors (Lipinski definition) is 3. The van der Waals surface area contributed by atoms with Crippen molar-refractivity contribution >= 4 is 22.1 Å². The molecular formula is C25H23N3. The van der Waals surface area contributed by atoms with Crippen molar-refractivity contribution in [3.63, 3.8) is 0 Å². The van der Waals surface area contributed by atoms with Gasteiger partial charge >= 0.3 is 0 Å². The quantitative estimate of drug-likeness (QED) is 0.468. The van der Waals surface area contributed by atoms with Gasteiger partial charge in [-0.15, -0.1) is 0 Å². The van der Waals surface area contributed by atoms with Gasteiger partial charge in [-0.1, -0.05) is 42.5 Å². The summed E-state index contributed by atoms with van der Waals surface area (Å²) in [5.74, 6) is 0. The topological polar surface area (TPSA) is 19.4 Å². The normalized spacial score (nSPS) is 14.7. The van der Waals surface area contributed by atoms with Gasteiger partial charge in [0.15, 0.2) is 0 Å². The van der Waals surface area contributed by atoms with E-state index in [1.807, 2.05) is 18.5 Å². The van der Waals surface area contributed by atoms with Crippen LogP contribution in [0.4, 0.5) is 11.4 Å². The van der Waals surface area contributed by atoms with Crippen LogP contribution in [-0.4, -0.2) is 30.0 Å². The van der Waals surface area contributed by atoms with E-state index in [-0.39, 0.29) is 0 Å². The molecule has 0 unspecified atom stereocenters. The second-order valence-electron chi connectivity index (χ2n) is 7.51. The minimum Gasteiger partial charge on any atom is -0.340 e. The zero-order valence-electron chi connectivity index (χ0n) is 16.0. The molecule has 5 rings (SSSR count). The lowest BCUT2D eigenvalue weighted by Gasteiger charge is -2.25. The average molecular weight is 365 g/mol. The second kappa shape index (κ2) is 7.10. The van der Waals surface area contributed by atoms with E-state index in [9.17, 15) is 0 Å². The minimum atomic E-state index is 0.952. The number of anilines is 2. The Bertz CT molecular complexity index is 1120. The van der Waals surface area contributed by atoms with Crippen molar-refractivity contribution in [2.75, 3.05) is 25.0 Å². The molecule has 0 saturated carbocycles. The third kappa shape index (κ3) is 3.14. The van der Waals surface area contributed by atoms with Crippen molar-refractivity contribution in [3.8, 4) is 11.1 Å².